The average molecular weight is 256 g/mol. The lowest BCUT2D eigenvalue weighted by Gasteiger charge is -2.34. The highest BCUT2D eigenvalue weighted by Crippen LogP contribution is 2.38. The van der Waals surface area contributed by atoms with E-state index in [2.05, 4.69) is 0 Å². The molecule has 6 heteroatoms. The van der Waals surface area contributed by atoms with Crippen LogP contribution in [0.4, 0.5) is 0 Å². The Morgan fingerprint density at radius 1 is 1.11 bits per heavy atom. The third-order valence-corrected chi connectivity index (χ3v) is 3.38. The van der Waals surface area contributed by atoms with E-state index in [4.69, 9.17) is 14.2 Å². The zero-order valence-corrected chi connectivity index (χ0v) is 10.4. The monoisotopic (exact) mass is 256 g/mol. The van der Waals surface area contributed by atoms with Gasteiger partial charge in [-0.1, -0.05) is 0 Å². The molecule has 2 aliphatic rings. The standard InChI is InChI=1S/C12H16O6/c1-6(13)17-10-3-8-5-16-12(15)9(8)4-11(10)18-7(2)14/h8-11H,3-5H2,1-2H3/t8-,9-,10-,11-/m0/s1. The molecule has 0 spiro atoms. The number of hydrogen-bond acceptors (Lipinski definition) is 6. The minimum Gasteiger partial charge on any atom is -0.465 e. The van der Waals surface area contributed by atoms with Gasteiger partial charge in [-0.05, 0) is 6.42 Å². The van der Waals surface area contributed by atoms with E-state index < -0.39 is 24.1 Å². The quantitative estimate of drug-likeness (QED) is 0.526. The fourth-order valence-electron chi connectivity index (χ4n) is 2.65. The van der Waals surface area contributed by atoms with Gasteiger partial charge in [-0.3, -0.25) is 14.4 Å². The van der Waals surface area contributed by atoms with Crippen molar-refractivity contribution in [3.63, 3.8) is 0 Å². The van der Waals surface area contributed by atoms with Crippen molar-refractivity contribution >= 4 is 17.9 Å². The summed E-state index contributed by atoms with van der Waals surface area (Å²) in [4.78, 5) is 33.6. The molecule has 2 rings (SSSR count). The summed E-state index contributed by atoms with van der Waals surface area (Å²) in [6, 6.07) is 0. The molecule has 1 aliphatic heterocycles. The van der Waals surface area contributed by atoms with Crippen LogP contribution >= 0.6 is 0 Å². The summed E-state index contributed by atoms with van der Waals surface area (Å²) in [5, 5.41) is 0. The minimum atomic E-state index is -0.557. The van der Waals surface area contributed by atoms with Crippen LogP contribution in [0.2, 0.25) is 0 Å². The van der Waals surface area contributed by atoms with Crippen LogP contribution in [-0.4, -0.2) is 36.7 Å². The SMILES string of the molecule is CC(=O)O[C@H]1C[C@H]2COC(=O)[C@H]2C[C@@H]1OC(C)=O. The molecule has 0 N–H and O–H groups in total. The molecule has 1 saturated carbocycles. The lowest BCUT2D eigenvalue weighted by Crippen LogP contribution is -2.44. The molecule has 0 radical (unpaired) electrons. The number of hydrogen-bond donors (Lipinski definition) is 0. The van der Waals surface area contributed by atoms with E-state index in [1.165, 1.54) is 13.8 Å². The largest absolute Gasteiger partial charge is 0.465 e. The molecular formula is C12H16O6. The summed E-state index contributed by atoms with van der Waals surface area (Å²) in [5.74, 6) is -1.31. The molecule has 18 heavy (non-hydrogen) atoms. The maximum Gasteiger partial charge on any atom is 0.309 e. The second-order valence-corrected chi connectivity index (χ2v) is 4.76. The summed E-state index contributed by atoms with van der Waals surface area (Å²) < 4.78 is 15.3. The van der Waals surface area contributed by atoms with Gasteiger partial charge in [0, 0.05) is 26.2 Å². The molecule has 1 heterocycles. The van der Waals surface area contributed by atoms with Crippen molar-refractivity contribution in [2.24, 2.45) is 11.8 Å². The van der Waals surface area contributed by atoms with E-state index in [0.717, 1.165) is 0 Å². The fraction of sp³-hybridized carbons (Fsp3) is 0.750. The summed E-state index contributed by atoms with van der Waals surface area (Å²) >= 11 is 0. The first-order chi connectivity index (χ1) is 8.47. The Morgan fingerprint density at radius 3 is 2.22 bits per heavy atom. The van der Waals surface area contributed by atoms with Gasteiger partial charge in [0.2, 0.25) is 0 Å². The van der Waals surface area contributed by atoms with Crippen molar-refractivity contribution in [3.05, 3.63) is 0 Å². The molecule has 4 atom stereocenters. The van der Waals surface area contributed by atoms with E-state index in [-0.39, 0.29) is 17.8 Å². The number of esters is 3. The molecule has 0 amide bonds. The van der Waals surface area contributed by atoms with E-state index >= 15 is 0 Å². The molecule has 1 saturated heterocycles. The number of fused-ring (bicyclic) bond motifs is 1. The van der Waals surface area contributed by atoms with Crippen molar-refractivity contribution in [2.75, 3.05) is 6.61 Å². The lowest BCUT2D eigenvalue weighted by atomic mass is 9.78. The predicted octanol–water partition coefficient (Wildman–Crippen LogP) is 0.433. The van der Waals surface area contributed by atoms with Gasteiger partial charge in [0.1, 0.15) is 12.2 Å². The van der Waals surface area contributed by atoms with Crippen molar-refractivity contribution in [3.8, 4) is 0 Å². The van der Waals surface area contributed by atoms with Gasteiger partial charge in [0.15, 0.2) is 0 Å². The fourth-order valence-corrected chi connectivity index (χ4v) is 2.65. The third kappa shape index (κ3) is 2.63. The molecule has 1 aliphatic carbocycles. The van der Waals surface area contributed by atoms with Crippen LogP contribution < -0.4 is 0 Å². The van der Waals surface area contributed by atoms with Gasteiger partial charge in [-0.15, -0.1) is 0 Å². The van der Waals surface area contributed by atoms with Crippen molar-refractivity contribution in [1.29, 1.82) is 0 Å². The topological polar surface area (TPSA) is 78.9 Å². The Bertz CT molecular complexity index is 377. The van der Waals surface area contributed by atoms with Gasteiger partial charge < -0.3 is 14.2 Å². The Morgan fingerprint density at radius 2 is 1.67 bits per heavy atom. The Kier molecular flexibility index (Phi) is 3.54. The zero-order valence-electron chi connectivity index (χ0n) is 10.4. The molecule has 0 bridgehead atoms. The van der Waals surface area contributed by atoms with Gasteiger partial charge in [-0.25, -0.2) is 0 Å². The van der Waals surface area contributed by atoms with Crippen LogP contribution in [0.25, 0.3) is 0 Å². The average Bonchev–Trinajstić information content (AvgIpc) is 2.59. The molecule has 0 aromatic heterocycles. The van der Waals surface area contributed by atoms with Gasteiger partial charge in [0.05, 0.1) is 12.5 Å². The summed E-state index contributed by atoms with van der Waals surface area (Å²) in [5.41, 5.74) is 0. The van der Waals surface area contributed by atoms with E-state index in [9.17, 15) is 14.4 Å². The minimum absolute atomic E-state index is 0.0497. The number of carbonyl (C=O) groups excluding carboxylic acids is 3. The van der Waals surface area contributed by atoms with E-state index in [0.29, 0.717) is 19.4 Å². The highest BCUT2D eigenvalue weighted by molar-refractivity contribution is 5.75. The van der Waals surface area contributed by atoms with Crippen LogP contribution in [0.5, 0.6) is 0 Å². The van der Waals surface area contributed by atoms with Crippen LogP contribution in [-0.2, 0) is 28.6 Å². The molecule has 0 unspecified atom stereocenters. The molecule has 0 aromatic rings. The Labute approximate surface area is 105 Å². The second-order valence-electron chi connectivity index (χ2n) is 4.76. The van der Waals surface area contributed by atoms with Crippen LogP contribution in [0.3, 0.4) is 0 Å². The summed E-state index contributed by atoms with van der Waals surface area (Å²) in [7, 11) is 0. The van der Waals surface area contributed by atoms with Gasteiger partial charge in [-0.2, -0.15) is 0 Å². The second kappa shape index (κ2) is 4.96. The third-order valence-electron chi connectivity index (χ3n) is 3.38. The van der Waals surface area contributed by atoms with Crippen molar-refractivity contribution < 1.29 is 28.6 Å². The van der Waals surface area contributed by atoms with E-state index in [1.807, 2.05) is 0 Å². The molecule has 100 valence electrons. The zero-order chi connectivity index (χ0) is 13.3. The van der Waals surface area contributed by atoms with Gasteiger partial charge in [0.25, 0.3) is 0 Å². The van der Waals surface area contributed by atoms with Crippen molar-refractivity contribution in [1.82, 2.24) is 0 Å². The maximum absolute atomic E-state index is 11.5. The number of carbonyl (C=O) groups is 3. The highest BCUT2D eigenvalue weighted by Gasteiger charge is 2.47. The predicted molar refractivity (Wildman–Crippen MR) is 58.3 cm³/mol. The number of rotatable bonds is 2. The molecule has 0 aromatic carbocycles. The Hall–Kier alpha value is -1.59. The van der Waals surface area contributed by atoms with Gasteiger partial charge >= 0.3 is 17.9 Å². The number of cyclic esters (lactones) is 1. The molecular weight excluding hydrogens is 240 g/mol. The van der Waals surface area contributed by atoms with Crippen molar-refractivity contribution in [2.45, 2.75) is 38.9 Å². The first-order valence-corrected chi connectivity index (χ1v) is 5.98. The number of ether oxygens (including phenoxy) is 3. The molecule has 2 fully saturated rings. The normalized spacial score (nSPS) is 34.4. The highest BCUT2D eigenvalue weighted by atomic mass is 16.6. The smallest absolute Gasteiger partial charge is 0.309 e. The van der Waals surface area contributed by atoms with Crippen LogP contribution in [0.15, 0.2) is 0 Å². The molecule has 6 nitrogen and oxygen atoms in total. The maximum atomic E-state index is 11.5. The Balaban J connectivity index is 2.09. The van der Waals surface area contributed by atoms with Crippen LogP contribution in [0.1, 0.15) is 26.7 Å². The first-order valence-electron chi connectivity index (χ1n) is 5.98. The lowest BCUT2D eigenvalue weighted by molar-refractivity contribution is -0.173. The van der Waals surface area contributed by atoms with E-state index in [1.54, 1.807) is 0 Å². The first kappa shape index (κ1) is 12.9. The summed E-state index contributed by atoms with van der Waals surface area (Å²) in [6.07, 6.45) is -0.185. The summed E-state index contributed by atoms with van der Waals surface area (Å²) in [6.45, 7) is 2.96. The van der Waals surface area contributed by atoms with Crippen LogP contribution in [0, 0.1) is 11.8 Å².